The van der Waals surface area contributed by atoms with E-state index in [1.54, 1.807) is 29.2 Å². The highest BCUT2D eigenvalue weighted by atomic mass is 35.5. The molecule has 2 aromatic carbocycles. The summed E-state index contributed by atoms with van der Waals surface area (Å²) in [6.07, 6.45) is -18.0. The number of carbonyl (C=O) groups is 2. The van der Waals surface area contributed by atoms with Crippen LogP contribution in [0.1, 0.15) is 31.4 Å². The van der Waals surface area contributed by atoms with Crippen LogP contribution < -0.4 is 20.7 Å². The van der Waals surface area contributed by atoms with Crippen LogP contribution in [0.2, 0.25) is 5.02 Å². The standard InChI is InChI=1S/C39H51ClN4O16S/c1-4-11-42-39-44(22-8-6-5-7-17(22)2)34(52)25(61-39)13-19-9-10-23(21(40)12-19)54-15-20(47)16-55-38-32(58-36-27(48)26(41)35(53)60-36)31(24(14-45)56-38)57-37-30(51)28(49)29(50)33(59-37)43-18(3)46/h5-10,12-13,20,24,26-33,35-38,45,47-51,53H,4,11,14-16,41H2,1-3H3,(H,43,46)/b25-13-,42-39-/t20-,24+,26-,27-,28-,29-,30+,31-,32+,33+,35-,36+,37?,38?/m0/s1. The molecular formula is C39H51ClN4O16S. The van der Waals surface area contributed by atoms with Crippen molar-refractivity contribution in [3.63, 3.8) is 0 Å². The maximum atomic E-state index is 13.6. The van der Waals surface area contributed by atoms with Gasteiger partial charge < -0.3 is 80.0 Å². The predicted molar refractivity (Wildman–Crippen MR) is 217 cm³/mol. The molecule has 0 spiro atoms. The number of aryl methyl sites for hydroxylation is 1. The van der Waals surface area contributed by atoms with Gasteiger partial charge in [0.05, 0.1) is 34.9 Å². The molecule has 0 bridgehead atoms. The van der Waals surface area contributed by atoms with Crippen LogP contribution in [-0.4, -0.2) is 165 Å². The van der Waals surface area contributed by atoms with Crippen LogP contribution in [0.5, 0.6) is 5.75 Å². The number of halogens is 1. The van der Waals surface area contributed by atoms with Gasteiger partial charge in [-0.1, -0.05) is 42.8 Å². The molecule has 2 amide bonds. The van der Waals surface area contributed by atoms with E-state index in [1.807, 2.05) is 38.1 Å². The van der Waals surface area contributed by atoms with Gasteiger partial charge in [-0.15, -0.1) is 0 Å². The van der Waals surface area contributed by atoms with Gasteiger partial charge in [0.2, 0.25) is 5.91 Å². The van der Waals surface area contributed by atoms with Crippen molar-refractivity contribution in [2.24, 2.45) is 10.7 Å². The molecule has 0 aliphatic carbocycles. The zero-order valence-electron chi connectivity index (χ0n) is 33.3. The van der Waals surface area contributed by atoms with Crippen LogP contribution in [0.4, 0.5) is 5.69 Å². The topological polar surface area (TPSA) is 294 Å². The number of benzene rings is 2. The first-order valence-electron chi connectivity index (χ1n) is 19.5. The molecule has 14 atom stereocenters. The third kappa shape index (κ3) is 10.9. The molecule has 22 heteroatoms. The molecule has 0 saturated carbocycles. The van der Waals surface area contributed by atoms with Crippen LogP contribution in [0, 0.1) is 6.92 Å². The number of anilines is 1. The number of rotatable bonds is 16. The molecule has 2 unspecified atom stereocenters. The fourth-order valence-electron chi connectivity index (χ4n) is 6.77. The van der Waals surface area contributed by atoms with Crippen molar-refractivity contribution in [1.29, 1.82) is 0 Å². The number of hydrogen-bond acceptors (Lipinski definition) is 19. The molecule has 336 valence electrons. The van der Waals surface area contributed by atoms with Crippen molar-refractivity contribution in [2.45, 2.75) is 113 Å². The molecule has 4 aliphatic heterocycles. The molecule has 4 saturated heterocycles. The first-order chi connectivity index (χ1) is 29.1. The number of aliphatic hydroxyl groups excluding tert-OH is 7. The summed E-state index contributed by atoms with van der Waals surface area (Å²) < 4.78 is 40.1. The minimum absolute atomic E-state index is 0.188. The van der Waals surface area contributed by atoms with Gasteiger partial charge in [-0.25, -0.2) is 0 Å². The van der Waals surface area contributed by atoms with Gasteiger partial charge in [-0.2, -0.15) is 0 Å². The van der Waals surface area contributed by atoms with E-state index in [0.717, 1.165) is 24.6 Å². The highest BCUT2D eigenvalue weighted by molar-refractivity contribution is 8.19. The number of aliphatic imine (C=N–C) groups is 1. The number of amides is 2. The number of aliphatic hydroxyl groups is 7. The SMILES string of the molecule is CCC/N=C1\S/C(=C\c2ccc(OC[C@H](O)COC3O[C@H](CO)[C@H](OC4O[C@@H](NC(C)=O)[C@@H](O)[C@H](O)[C@H]4O)[C@H]3O[C@@H]3O[C@H](O)[C@@H](N)[C@@H]3O)c(Cl)c2)C(=O)N1c1ccccc1C. The number of ether oxygens (including phenoxy) is 7. The predicted octanol–water partition coefficient (Wildman–Crippen LogP) is -0.957. The van der Waals surface area contributed by atoms with Crippen LogP contribution in [0.15, 0.2) is 52.4 Å². The summed E-state index contributed by atoms with van der Waals surface area (Å²) in [6, 6.07) is 11.2. The lowest BCUT2D eigenvalue weighted by molar-refractivity contribution is -0.326. The zero-order chi connectivity index (χ0) is 44.1. The van der Waals surface area contributed by atoms with E-state index in [2.05, 4.69) is 10.3 Å². The number of carbonyl (C=O) groups excluding carboxylic acids is 2. The molecule has 10 N–H and O–H groups in total. The average Bonchev–Trinajstić information content (AvgIpc) is 3.81. The van der Waals surface area contributed by atoms with Crippen molar-refractivity contribution in [1.82, 2.24) is 5.32 Å². The smallest absolute Gasteiger partial charge is 0.271 e. The number of thioether (sulfide) groups is 1. The molecule has 6 rings (SSSR count). The third-order valence-corrected chi connectivity index (χ3v) is 11.3. The quantitative estimate of drug-likeness (QED) is 0.0918. The van der Waals surface area contributed by atoms with Gasteiger partial charge in [0, 0.05) is 13.5 Å². The number of nitrogens with two attached hydrogens (primary N) is 1. The molecule has 2 aromatic rings. The molecule has 0 radical (unpaired) electrons. The minimum Gasteiger partial charge on any atom is -0.489 e. The molecule has 4 fully saturated rings. The number of nitrogens with one attached hydrogen (secondary N) is 1. The Balaban J connectivity index is 1.11. The average molecular weight is 899 g/mol. The summed E-state index contributed by atoms with van der Waals surface area (Å²) in [5.74, 6) is -0.641. The fourth-order valence-corrected chi connectivity index (χ4v) is 8.01. The molecule has 0 aromatic heterocycles. The van der Waals surface area contributed by atoms with Crippen molar-refractivity contribution < 1.29 is 78.5 Å². The number of nitrogens with zero attached hydrogens (tertiary/aromatic N) is 2. The molecular weight excluding hydrogens is 848 g/mol. The molecule has 61 heavy (non-hydrogen) atoms. The van der Waals surface area contributed by atoms with Crippen molar-refractivity contribution in [3.8, 4) is 5.75 Å². The van der Waals surface area contributed by atoms with Crippen LogP contribution >= 0.6 is 23.4 Å². The van der Waals surface area contributed by atoms with Crippen molar-refractivity contribution in [2.75, 3.05) is 31.3 Å². The van der Waals surface area contributed by atoms with Gasteiger partial charge in [0.1, 0.15) is 61.2 Å². The van der Waals surface area contributed by atoms with Crippen LogP contribution in [0.3, 0.4) is 0 Å². The Morgan fingerprint density at radius 2 is 1.72 bits per heavy atom. The van der Waals surface area contributed by atoms with E-state index in [-0.39, 0.29) is 23.3 Å². The van der Waals surface area contributed by atoms with Gasteiger partial charge in [-0.05, 0) is 60.5 Å². The first kappa shape index (κ1) is 47.2. The maximum absolute atomic E-state index is 13.6. The molecule has 20 nitrogen and oxygen atoms in total. The maximum Gasteiger partial charge on any atom is 0.271 e. The lowest BCUT2D eigenvalue weighted by atomic mass is 10.0. The van der Waals surface area contributed by atoms with E-state index in [0.29, 0.717) is 22.2 Å². The Bertz CT molecular complexity index is 1910. The van der Waals surface area contributed by atoms with Crippen LogP contribution in [0.25, 0.3) is 6.08 Å². The Morgan fingerprint density at radius 3 is 2.38 bits per heavy atom. The van der Waals surface area contributed by atoms with E-state index in [4.69, 9.17) is 50.5 Å². The van der Waals surface area contributed by atoms with Gasteiger partial charge >= 0.3 is 0 Å². The third-order valence-electron chi connectivity index (χ3n) is 9.99. The van der Waals surface area contributed by atoms with E-state index in [9.17, 15) is 45.3 Å². The Hall–Kier alpha value is -3.33. The van der Waals surface area contributed by atoms with Gasteiger partial charge in [0.15, 0.2) is 36.6 Å². The second-order valence-electron chi connectivity index (χ2n) is 14.7. The van der Waals surface area contributed by atoms with E-state index < -0.39 is 105 Å². The summed E-state index contributed by atoms with van der Waals surface area (Å²) in [7, 11) is 0. The second kappa shape index (κ2) is 20.9. The summed E-state index contributed by atoms with van der Waals surface area (Å²) in [4.78, 5) is 32.0. The Labute approximate surface area is 359 Å². The number of amidine groups is 1. The first-order valence-corrected chi connectivity index (χ1v) is 20.7. The lowest BCUT2D eigenvalue weighted by Gasteiger charge is -2.42. The largest absolute Gasteiger partial charge is 0.489 e. The van der Waals surface area contributed by atoms with E-state index in [1.165, 1.54) is 11.8 Å². The normalized spacial score (nSPS) is 34.7. The highest BCUT2D eigenvalue weighted by Gasteiger charge is 2.54. The van der Waals surface area contributed by atoms with Crippen molar-refractivity contribution in [3.05, 3.63) is 63.5 Å². The summed E-state index contributed by atoms with van der Waals surface area (Å²) in [5, 5.41) is 76.4. The minimum atomic E-state index is -1.88. The van der Waals surface area contributed by atoms with E-state index >= 15 is 0 Å². The molecule has 4 aliphatic rings. The number of hydrogen-bond donors (Lipinski definition) is 9. The summed E-state index contributed by atoms with van der Waals surface area (Å²) >= 11 is 7.84. The lowest BCUT2D eigenvalue weighted by Crippen LogP contribution is -2.64. The second-order valence-corrected chi connectivity index (χ2v) is 16.1. The Morgan fingerprint density at radius 1 is 1.00 bits per heavy atom. The summed E-state index contributed by atoms with van der Waals surface area (Å²) in [5.41, 5.74) is 8.07. The van der Waals surface area contributed by atoms with Gasteiger partial charge in [-0.3, -0.25) is 19.5 Å². The van der Waals surface area contributed by atoms with Crippen LogP contribution in [-0.2, 0) is 38.0 Å². The Kier molecular flexibility index (Phi) is 16.2. The zero-order valence-corrected chi connectivity index (χ0v) is 34.9. The fraction of sp³-hybridized carbons (Fsp3) is 0.564. The highest BCUT2D eigenvalue weighted by Crippen LogP contribution is 2.39. The number of para-hydroxylation sites is 1. The molecule has 4 heterocycles. The van der Waals surface area contributed by atoms with Gasteiger partial charge in [0.25, 0.3) is 5.91 Å². The van der Waals surface area contributed by atoms with Crippen molar-refractivity contribution >= 4 is 52.1 Å². The monoisotopic (exact) mass is 898 g/mol. The summed E-state index contributed by atoms with van der Waals surface area (Å²) in [6.45, 7) is 4.09.